The minimum absolute atomic E-state index is 0.0272. The molecule has 4 N–H and O–H groups in total. The van der Waals surface area contributed by atoms with Crippen LogP contribution in [-0.2, 0) is 19.6 Å². The molecule has 3 rings (SSSR count). The molecule has 3 aromatic rings. The highest BCUT2D eigenvalue weighted by Crippen LogP contribution is 2.26. The van der Waals surface area contributed by atoms with Crippen molar-refractivity contribution in [3.63, 3.8) is 0 Å². The number of ether oxygens (including phenoxy) is 1. The SMILES string of the molecule is Cc1cc(C)c(S(=O)(=O)Nc2ccccc2C(=O)OCC(=O)Nc2ccc(C(N)=O)cc2)c(C)c1. The van der Waals surface area contributed by atoms with Crippen LogP contribution in [-0.4, -0.2) is 32.8 Å². The predicted molar refractivity (Wildman–Crippen MR) is 132 cm³/mol. The first-order valence-corrected chi connectivity index (χ1v) is 12.0. The Morgan fingerprint density at radius 3 is 2.11 bits per heavy atom. The van der Waals surface area contributed by atoms with Crippen molar-refractivity contribution in [3.8, 4) is 0 Å². The van der Waals surface area contributed by atoms with E-state index >= 15 is 0 Å². The number of hydrogen-bond acceptors (Lipinski definition) is 6. The van der Waals surface area contributed by atoms with Gasteiger partial charge in [0.05, 0.1) is 16.1 Å². The van der Waals surface area contributed by atoms with Crippen LogP contribution in [0.5, 0.6) is 0 Å². The number of anilines is 2. The number of aryl methyl sites for hydroxylation is 3. The number of esters is 1. The highest BCUT2D eigenvalue weighted by Gasteiger charge is 2.23. The number of hydrogen-bond donors (Lipinski definition) is 3. The lowest BCUT2D eigenvalue weighted by Gasteiger charge is -2.16. The second-order valence-corrected chi connectivity index (χ2v) is 9.56. The largest absolute Gasteiger partial charge is 0.452 e. The molecule has 9 nitrogen and oxygen atoms in total. The Balaban J connectivity index is 1.71. The zero-order valence-electron chi connectivity index (χ0n) is 19.4. The van der Waals surface area contributed by atoms with Gasteiger partial charge in [0.1, 0.15) is 0 Å². The van der Waals surface area contributed by atoms with Crippen LogP contribution in [0.25, 0.3) is 0 Å². The van der Waals surface area contributed by atoms with Gasteiger partial charge in [-0.1, -0.05) is 29.8 Å². The van der Waals surface area contributed by atoms with Gasteiger partial charge in [-0.25, -0.2) is 13.2 Å². The summed E-state index contributed by atoms with van der Waals surface area (Å²) in [5.74, 6) is -2.09. The lowest BCUT2D eigenvalue weighted by molar-refractivity contribution is -0.119. The summed E-state index contributed by atoms with van der Waals surface area (Å²) < 4.78 is 33.8. The monoisotopic (exact) mass is 495 g/mol. The topological polar surface area (TPSA) is 145 Å². The number of amides is 2. The van der Waals surface area contributed by atoms with E-state index in [1.165, 1.54) is 36.4 Å². The highest BCUT2D eigenvalue weighted by molar-refractivity contribution is 7.92. The fourth-order valence-corrected chi connectivity index (χ4v) is 5.20. The number of rotatable bonds is 8. The molecule has 0 spiro atoms. The summed E-state index contributed by atoms with van der Waals surface area (Å²) >= 11 is 0. The lowest BCUT2D eigenvalue weighted by Crippen LogP contribution is -2.22. The van der Waals surface area contributed by atoms with Gasteiger partial charge < -0.3 is 15.8 Å². The van der Waals surface area contributed by atoms with Gasteiger partial charge in [0, 0.05) is 11.3 Å². The van der Waals surface area contributed by atoms with Crippen LogP contribution in [0.3, 0.4) is 0 Å². The summed E-state index contributed by atoms with van der Waals surface area (Å²) in [6.07, 6.45) is 0. The molecule has 10 heteroatoms. The number of nitrogens with one attached hydrogen (secondary N) is 2. The van der Waals surface area contributed by atoms with E-state index in [4.69, 9.17) is 10.5 Å². The van der Waals surface area contributed by atoms with Gasteiger partial charge in [0.15, 0.2) is 6.61 Å². The third-order valence-electron chi connectivity index (χ3n) is 5.05. The molecule has 0 aliphatic heterocycles. The van der Waals surface area contributed by atoms with E-state index in [1.807, 2.05) is 6.92 Å². The van der Waals surface area contributed by atoms with E-state index in [0.29, 0.717) is 16.8 Å². The van der Waals surface area contributed by atoms with Crippen LogP contribution in [0.1, 0.15) is 37.4 Å². The van der Waals surface area contributed by atoms with E-state index in [0.717, 1.165) is 5.56 Å². The Bertz CT molecular complexity index is 1380. The summed E-state index contributed by atoms with van der Waals surface area (Å²) in [6.45, 7) is 4.68. The summed E-state index contributed by atoms with van der Waals surface area (Å²) in [7, 11) is -4.00. The summed E-state index contributed by atoms with van der Waals surface area (Å²) in [5, 5.41) is 2.53. The smallest absolute Gasteiger partial charge is 0.340 e. The molecule has 3 aromatic carbocycles. The highest BCUT2D eigenvalue weighted by atomic mass is 32.2. The predicted octanol–water partition coefficient (Wildman–Crippen LogP) is 3.31. The normalized spacial score (nSPS) is 10.9. The number of carbonyl (C=O) groups is 3. The Hall–Kier alpha value is -4.18. The van der Waals surface area contributed by atoms with Gasteiger partial charge in [-0.2, -0.15) is 0 Å². The number of carbonyl (C=O) groups excluding carboxylic acids is 3. The molecule has 2 amide bonds. The minimum atomic E-state index is -4.00. The Morgan fingerprint density at radius 2 is 1.51 bits per heavy atom. The summed E-state index contributed by atoms with van der Waals surface area (Å²) in [4.78, 5) is 36.1. The second kappa shape index (κ2) is 10.4. The maximum absolute atomic E-state index is 13.1. The number of para-hydroxylation sites is 1. The first kappa shape index (κ1) is 25.4. The molecular weight excluding hydrogens is 470 g/mol. The number of nitrogens with two attached hydrogens (primary N) is 1. The standard InChI is InChI=1S/C25H25N3O6S/c1-15-12-16(2)23(17(3)13-15)35(32,33)28-21-7-5-4-6-20(21)25(31)34-14-22(29)27-19-10-8-18(9-11-19)24(26)30/h4-13,28H,14H2,1-3H3,(H2,26,30)(H,27,29). The molecule has 0 bridgehead atoms. The zero-order chi connectivity index (χ0) is 25.8. The molecule has 0 aliphatic rings. The van der Waals surface area contributed by atoms with Crippen molar-refractivity contribution < 1.29 is 27.5 Å². The quantitative estimate of drug-likeness (QED) is 0.409. The van der Waals surface area contributed by atoms with E-state index in [-0.39, 0.29) is 21.7 Å². The van der Waals surface area contributed by atoms with Crippen molar-refractivity contribution in [1.29, 1.82) is 0 Å². The van der Waals surface area contributed by atoms with Gasteiger partial charge in [0.2, 0.25) is 5.91 Å². The molecular formula is C25H25N3O6S. The fraction of sp³-hybridized carbons (Fsp3) is 0.160. The molecule has 0 fully saturated rings. The molecule has 0 aromatic heterocycles. The van der Waals surface area contributed by atoms with Gasteiger partial charge >= 0.3 is 5.97 Å². The molecule has 0 saturated carbocycles. The summed E-state index contributed by atoms with van der Waals surface area (Å²) in [5.41, 5.74) is 7.92. The van der Waals surface area contributed by atoms with Crippen molar-refractivity contribution in [2.24, 2.45) is 5.73 Å². The van der Waals surface area contributed by atoms with Crippen LogP contribution in [0.2, 0.25) is 0 Å². The van der Waals surface area contributed by atoms with Crippen molar-refractivity contribution in [2.75, 3.05) is 16.6 Å². The molecule has 0 saturated heterocycles. The lowest BCUT2D eigenvalue weighted by atomic mass is 10.1. The number of primary amides is 1. The van der Waals surface area contributed by atoms with Crippen LogP contribution >= 0.6 is 0 Å². The molecule has 0 atom stereocenters. The van der Waals surface area contributed by atoms with Crippen molar-refractivity contribution >= 4 is 39.2 Å². The van der Waals surface area contributed by atoms with Gasteiger partial charge in [0.25, 0.3) is 15.9 Å². The minimum Gasteiger partial charge on any atom is -0.452 e. The van der Waals surface area contributed by atoms with Gasteiger partial charge in [-0.05, 0) is 68.3 Å². The Kier molecular flexibility index (Phi) is 7.55. The molecule has 0 aliphatic carbocycles. The molecule has 182 valence electrons. The Labute approximate surface area is 203 Å². The first-order chi connectivity index (χ1) is 16.5. The van der Waals surface area contributed by atoms with Gasteiger partial charge in [-0.3, -0.25) is 14.3 Å². The van der Waals surface area contributed by atoms with Crippen LogP contribution in [0.15, 0.2) is 65.6 Å². The van der Waals surface area contributed by atoms with Crippen molar-refractivity contribution in [3.05, 3.63) is 88.5 Å². The average Bonchev–Trinajstić information content (AvgIpc) is 2.77. The maximum Gasteiger partial charge on any atom is 0.340 e. The third kappa shape index (κ3) is 6.24. The van der Waals surface area contributed by atoms with E-state index in [2.05, 4.69) is 10.0 Å². The molecule has 0 heterocycles. The second-order valence-electron chi connectivity index (χ2n) is 7.94. The van der Waals surface area contributed by atoms with Gasteiger partial charge in [-0.15, -0.1) is 0 Å². The fourth-order valence-electron chi connectivity index (χ4n) is 3.66. The van der Waals surface area contributed by atoms with Crippen LogP contribution in [0, 0.1) is 20.8 Å². The van der Waals surface area contributed by atoms with E-state index < -0.39 is 34.4 Å². The number of sulfonamides is 1. The van der Waals surface area contributed by atoms with E-state index in [1.54, 1.807) is 38.1 Å². The van der Waals surface area contributed by atoms with Crippen LogP contribution in [0.4, 0.5) is 11.4 Å². The average molecular weight is 496 g/mol. The maximum atomic E-state index is 13.1. The Morgan fingerprint density at radius 1 is 0.914 bits per heavy atom. The molecule has 0 radical (unpaired) electrons. The molecule has 35 heavy (non-hydrogen) atoms. The number of benzene rings is 3. The van der Waals surface area contributed by atoms with E-state index in [9.17, 15) is 22.8 Å². The summed E-state index contributed by atoms with van der Waals surface area (Å²) in [6, 6.07) is 15.4. The van der Waals surface area contributed by atoms with Crippen molar-refractivity contribution in [1.82, 2.24) is 0 Å². The first-order valence-electron chi connectivity index (χ1n) is 10.5. The van der Waals surface area contributed by atoms with Crippen LogP contribution < -0.4 is 15.8 Å². The van der Waals surface area contributed by atoms with Crippen molar-refractivity contribution in [2.45, 2.75) is 25.7 Å². The third-order valence-corrected chi connectivity index (χ3v) is 6.72. The zero-order valence-corrected chi connectivity index (χ0v) is 20.2. The molecule has 0 unspecified atom stereocenters.